The molecule has 4 heterocycles. The number of aromatic nitrogens is 2. The van der Waals surface area contributed by atoms with Crippen LogP contribution in [0.3, 0.4) is 0 Å². The minimum atomic E-state index is -0.748. The second-order valence-corrected chi connectivity index (χ2v) is 13.0. The Morgan fingerprint density at radius 3 is 1.04 bits per heavy atom. The third-order valence-corrected chi connectivity index (χ3v) is 10.1. The quantitative estimate of drug-likeness (QED) is 0.189. The lowest BCUT2D eigenvalue weighted by atomic mass is 9.62. The van der Waals surface area contributed by atoms with Gasteiger partial charge in [-0.2, -0.15) is 0 Å². The number of hydrogen-bond donors (Lipinski definition) is 0. The van der Waals surface area contributed by atoms with Crippen LogP contribution in [0.5, 0.6) is 23.0 Å². The van der Waals surface area contributed by atoms with Crippen LogP contribution in [0.15, 0.2) is 182 Å². The van der Waals surface area contributed by atoms with Crippen molar-refractivity contribution in [3.63, 3.8) is 0 Å². The van der Waals surface area contributed by atoms with Gasteiger partial charge >= 0.3 is 0 Å². The summed E-state index contributed by atoms with van der Waals surface area (Å²) in [5.41, 5.74) is 11.7. The Hall–Kier alpha value is -6.78. The van der Waals surface area contributed by atoms with E-state index in [0.29, 0.717) is 0 Å². The minimum absolute atomic E-state index is 0.748. The van der Waals surface area contributed by atoms with E-state index in [1.165, 1.54) is 0 Å². The third-order valence-electron chi connectivity index (χ3n) is 10.1. The molecule has 1 spiro atoms. The summed E-state index contributed by atoms with van der Waals surface area (Å²) in [6, 6.07) is 59.1. The highest BCUT2D eigenvalue weighted by molar-refractivity contribution is 5.82. The van der Waals surface area contributed by atoms with Gasteiger partial charge in [0.25, 0.3) is 0 Å². The summed E-state index contributed by atoms with van der Waals surface area (Å²) in [6.07, 6.45) is 3.65. The lowest BCUT2D eigenvalue weighted by molar-refractivity contribution is 0.400. The van der Waals surface area contributed by atoms with Crippen LogP contribution in [0.2, 0.25) is 0 Å². The SMILES string of the molecule is c1ccc(-c2ccc3c(c2)Oc2cc(-c4ccccc4)ccc2C32c3ccc(-c4ccccn4)cc3Oc3cc(-c4ccccn4)ccc32)cc1. The molecule has 4 heteroatoms. The van der Waals surface area contributed by atoms with Crippen LogP contribution in [-0.4, -0.2) is 9.97 Å². The first-order chi connectivity index (χ1) is 25.3. The molecule has 4 nitrogen and oxygen atoms in total. The Labute approximate surface area is 296 Å². The maximum absolute atomic E-state index is 6.98. The average Bonchev–Trinajstić information content (AvgIpc) is 3.21. The Morgan fingerprint density at radius 2 is 0.667 bits per heavy atom. The predicted molar refractivity (Wildman–Crippen MR) is 202 cm³/mol. The molecule has 8 aromatic rings. The Balaban J connectivity index is 1.28. The van der Waals surface area contributed by atoms with Gasteiger partial charge in [-0.05, 0) is 70.8 Å². The fourth-order valence-corrected chi connectivity index (χ4v) is 7.78. The van der Waals surface area contributed by atoms with Gasteiger partial charge in [-0.15, -0.1) is 0 Å². The highest BCUT2D eigenvalue weighted by Gasteiger charge is 2.51. The standard InChI is InChI=1S/C47H30N2O2/c1-3-11-31(12-4-1)33-17-21-37-43(27-33)50-44-28-34(32-13-5-2-6-14-32)18-22-38(44)47(37)39-23-19-35(41-15-7-9-25-48-41)29-45(39)51-46-30-36(20-24-40(46)47)42-16-8-10-26-49-42/h1-30H. The van der Waals surface area contributed by atoms with E-state index in [2.05, 4.69) is 131 Å². The molecular formula is C47H30N2O2. The molecule has 0 bridgehead atoms. The van der Waals surface area contributed by atoms with E-state index in [4.69, 9.17) is 9.47 Å². The van der Waals surface area contributed by atoms with Crippen molar-refractivity contribution >= 4 is 0 Å². The van der Waals surface area contributed by atoms with Crippen molar-refractivity contribution in [1.29, 1.82) is 0 Å². The molecule has 240 valence electrons. The maximum atomic E-state index is 6.98. The van der Waals surface area contributed by atoms with Gasteiger partial charge in [-0.25, -0.2) is 0 Å². The molecule has 0 amide bonds. The van der Waals surface area contributed by atoms with E-state index in [-0.39, 0.29) is 0 Å². The number of hydrogen-bond acceptors (Lipinski definition) is 4. The van der Waals surface area contributed by atoms with Crippen molar-refractivity contribution in [3.8, 4) is 67.8 Å². The monoisotopic (exact) mass is 654 g/mol. The number of benzene rings is 6. The summed E-state index contributed by atoms with van der Waals surface area (Å²) in [4.78, 5) is 9.33. The number of nitrogens with zero attached hydrogens (tertiary/aromatic N) is 2. The number of rotatable bonds is 4. The molecule has 2 aliphatic heterocycles. The highest BCUT2D eigenvalue weighted by Crippen LogP contribution is 2.62. The van der Waals surface area contributed by atoms with Crippen molar-refractivity contribution in [2.24, 2.45) is 0 Å². The highest BCUT2D eigenvalue weighted by atomic mass is 16.5. The van der Waals surface area contributed by atoms with Crippen molar-refractivity contribution < 1.29 is 9.47 Å². The van der Waals surface area contributed by atoms with E-state index in [9.17, 15) is 0 Å². The molecule has 51 heavy (non-hydrogen) atoms. The van der Waals surface area contributed by atoms with E-state index in [1.54, 1.807) is 0 Å². The van der Waals surface area contributed by atoms with Crippen LogP contribution in [-0.2, 0) is 5.41 Å². The smallest absolute Gasteiger partial charge is 0.132 e. The first-order valence-corrected chi connectivity index (χ1v) is 17.1. The fraction of sp³-hybridized carbons (Fsp3) is 0.0213. The van der Waals surface area contributed by atoms with E-state index < -0.39 is 5.41 Å². The zero-order valence-corrected chi connectivity index (χ0v) is 27.5. The molecule has 0 saturated heterocycles. The fourth-order valence-electron chi connectivity index (χ4n) is 7.78. The summed E-state index contributed by atoms with van der Waals surface area (Å²) in [6.45, 7) is 0. The summed E-state index contributed by atoms with van der Waals surface area (Å²) >= 11 is 0. The van der Waals surface area contributed by atoms with Crippen LogP contribution < -0.4 is 9.47 Å². The molecule has 10 rings (SSSR count). The molecule has 0 radical (unpaired) electrons. The van der Waals surface area contributed by atoms with Crippen LogP contribution in [0.1, 0.15) is 22.3 Å². The predicted octanol–water partition coefficient (Wildman–Crippen LogP) is 11.7. The average molecular weight is 655 g/mol. The lowest BCUT2D eigenvalue weighted by Gasteiger charge is -2.45. The first kappa shape index (κ1) is 29.2. The molecule has 2 aromatic heterocycles. The molecule has 0 aliphatic carbocycles. The summed E-state index contributed by atoms with van der Waals surface area (Å²) < 4.78 is 13.9. The molecule has 0 fully saturated rings. The molecule has 0 N–H and O–H groups in total. The van der Waals surface area contributed by atoms with E-state index in [0.717, 1.165) is 90.0 Å². The van der Waals surface area contributed by atoms with Gasteiger partial charge in [0.15, 0.2) is 0 Å². The molecular weight excluding hydrogens is 625 g/mol. The number of ether oxygens (including phenoxy) is 2. The van der Waals surface area contributed by atoms with Gasteiger partial charge in [0, 0.05) is 45.8 Å². The summed E-state index contributed by atoms with van der Waals surface area (Å²) in [5, 5.41) is 0. The molecule has 0 atom stereocenters. The van der Waals surface area contributed by atoms with Crippen LogP contribution in [0, 0.1) is 0 Å². The summed E-state index contributed by atoms with van der Waals surface area (Å²) in [7, 11) is 0. The van der Waals surface area contributed by atoms with Gasteiger partial charge in [0.2, 0.25) is 0 Å². The summed E-state index contributed by atoms with van der Waals surface area (Å²) in [5.74, 6) is 3.19. The van der Waals surface area contributed by atoms with Gasteiger partial charge in [-0.3, -0.25) is 9.97 Å². The van der Waals surface area contributed by atoms with Crippen molar-refractivity contribution in [3.05, 3.63) is 205 Å². The van der Waals surface area contributed by atoms with Crippen molar-refractivity contribution in [2.75, 3.05) is 0 Å². The van der Waals surface area contributed by atoms with Crippen molar-refractivity contribution in [1.82, 2.24) is 9.97 Å². The molecule has 6 aromatic carbocycles. The zero-order valence-electron chi connectivity index (χ0n) is 27.5. The third kappa shape index (κ3) is 4.68. The largest absolute Gasteiger partial charge is 0.457 e. The normalized spacial score (nSPS) is 13.2. The van der Waals surface area contributed by atoms with Crippen LogP contribution >= 0.6 is 0 Å². The molecule has 2 aliphatic rings. The van der Waals surface area contributed by atoms with E-state index in [1.807, 2.05) is 60.9 Å². The van der Waals surface area contributed by atoms with Gasteiger partial charge < -0.3 is 9.47 Å². The Morgan fingerprint density at radius 1 is 0.314 bits per heavy atom. The zero-order chi connectivity index (χ0) is 33.8. The molecule has 0 unspecified atom stereocenters. The minimum Gasteiger partial charge on any atom is -0.457 e. The van der Waals surface area contributed by atoms with E-state index >= 15 is 0 Å². The second-order valence-electron chi connectivity index (χ2n) is 13.0. The van der Waals surface area contributed by atoms with Gasteiger partial charge in [-0.1, -0.05) is 121 Å². The van der Waals surface area contributed by atoms with Crippen LogP contribution in [0.4, 0.5) is 0 Å². The first-order valence-electron chi connectivity index (χ1n) is 17.1. The van der Waals surface area contributed by atoms with Gasteiger partial charge in [0.1, 0.15) is 23.0 Å². The van der Waals surface area contributed by atoms with Gasteiger partial charge in [0.05, 0.1) is 16.8 Å². The number of fused-ring (bicyclic) bond motifs is 8. The lowest BCUT2D eigenvalue weighted by Crippen LogP contribution is -2.37. The Bertz CT molecular complexity index is 2210. The van der Waals surface area contributed by atoms with Crippen LogP contribution in [0.25, 0.3) is 44.8 Å². The van der Waals surface area contributed by atoms with Crippen molar-refractivity contribution in [2.45, 2.75) is 5.41 Å². The number of pyridine rings is 2. The Kier molecular flexibility index (Phi) is 6.68. The molecule has 0 saturated carbocycles. The maximum Gasteiger partial charge on any atom is 0.132 e. The second kappa shape index (κ2) is 11.7. The topological polar surface area (TPSA) is 44.2 Å².